The number of carbonyl (C=O) groups is 2. The highest BCUT2D eigenvalue weighted by atomic mass is 16.5. The highest BCUT2D eigenvalue weighted by Crippen LogP contribution is 2.48. The van der Waals surface area contributed by atoms with Crippen LogP contribution in [0.1, 0.15) is 64.4 Å². The Hall–Kier alpha value is -2.24. The van der Waals surface area contributed by atoms with Gasteiger partial charge in [-0.2, -0.15) is 0 Å². The van der Waals surface area contributed by atoms with Gasteiger partial charge in [-0.05, 0) is 37.0 Å². The number of carbonyl (C=O) groups excluding carboxylic acids is 2. The summed E-state index contributed by atoms with van der Waals surface area (Å²) in [7, 11) is 4.71. The summed E-state index contributed by atoms with van der Waals surface area (Å²) in [6.07, 6.45) is 3.84. The highest BCUT2D eigenvalue weighted by molar-refractivity contribution is 6.02. The molecule has 6 heteroatoms. The van der Waals surface area contributed by atoms with Crippen LogP contribution in [0.15, 0.2) is 12.1 Å². The number of esters is 1. The number of ketones is 1. The van der Waals surface area contributed by atoms with Gasteiger partial charge in [-0.3, -0.25) is 9.59 Å². The van der Waals surface area contributed by atoms with Crippen LogP contribution in [0, 0.1) is 23.7 Å². The summed E-state index contributed by atoms with van der Waals surface area (Å²) in [5, 5.41) is 0. The lowest BCUT2D eigenvalue weighted by Crippen LogP contribution is -2.38. The van der Waals surface area contributed by atoms with Crippen LogP contribution in [-0.4, -0.2) is 39.2 Å². The van der Waals surface area contributed by atoms with Gasteiger partial charge in [0.25, 0.3) is 0 Å². The number of hydrogen-bond acceptors (Lipinski definition) is 6. The fraction of sp³-hybridized carbons (Fsp3) is 0.680. The third kappa shape index (κ3) is 4.83. The molecule has 0 saturated heterocycles. The van der Waals surface area contributed by atoms with E-state index >= 15 is 0 Å². The standard InChI is InChI=1S/C25H36O6/c1-14(2)17-8-7-15(3)11-20(17)31-25(27)23-18(9-10-19(23)26)24-21(29-5)12-16(28-4)13-22(24)30-6/h12-15,17-18,20,23H,7-11H2,1-6H3/t15-,17+,18+,20-,23-/m1/s1. The van der Waals surface area contributed by atoms with Crippen molar-refractivity contribution in [3.05, 3.63) is 17.7 Å². The molecule has 0 radical (unpaired) electrons. The van der Waals surface area contributed by atoms with Crippen molar-refractivity contribution >= 4 is 11.8 Å². The Morgan fingerprint density at radius 1 is 1.00 bits per heavy atom. The third-order valence-electron chi connectivity index (χ3n) is 7.06. The fourth-order valence-corrected chi connectivity index (χ4v) is 5.32. The third-order valence-corrected chi connectivity index (χ3v) is 7.06. The first-order valence-corrected chi connectivity index (χ1v) is 11.3. The Balaban J connectivity index is 1.90. The van der Waals surface area contributed by atoms with Crippen LogP contribution in [-0.2, 0) is 14.3 Å². The quantitative estimate of drug-likeness (QED) is 0.456. The molecule has 0 spiro atoms. The van der Waals surface area contributed by atoms with Crippen LogP contribution in [0.25, 0.3) is 0 Å². The molecule has 6 nitrogen and oxygen atoms in total. The number of methoxy groups -OCH3 is 3. The van der Waals surface area contributed by atoms with Crippen molar-refractivity contribution in [2.24, 2.45) is 23.7 Å². The maximum atomic E-state index is 13.4. The Labute approximate surface area is 185 Å². The minimum atomic E-state index is -0.832. The predicted molar refractivity (Wildman–Crippen MR) is 118 cm³/mol. The van der Waals surface area contributed by atoms with Gasteiger partial charge in [0, 0.05) is 30.0 Å². The number of ether oxygens (including phenoxy) is 4. The van der Waals surface area contributed by atoms with E-state index < -0.39 is 11.9 Å². The Bertz CT molecular complexity index is 776. The summed E-state index contributed by atoms with van der Waals surface area (Å²) in [5.74, 6) is 1.34. The van der Waals surface area contributed by atoms with E-state index in [4.69, 9.17) is 18.9 Å². The molecule has 2 aliphatic carbocycles. The van der Waals surface area contributed by atoms with E-state index in [1.807, 2.05) is 0 Å². The molecule has 1 aromatic carbocycles. The average Bonchev–Trinajstić information content (AvgIpc) is 3.13. The molecule has 0 N–H and O–H groups in total. The zero-order valence-corrected chi connectivity index (χ0v) is 19.6. The molecule has 1 aromatic rings. The van der Waals surface area contributed by atoms with Gasteiger partial charge < -0.3 is 18.9 Å². The molecule has 2 fully saturated rings. The lowest BCUT2D eigenvalue weighted by atomic mass is 9.75. The second kappa shape index (κ2) is 9.92. The van der Waals surface area contributed by atoms with Crippen LogP contribution in [0.3, 0.4) is 0 Å². The van der Waals surface area contributed by atoms with Crippen LogP contribution in [0.5, 0.6) is 17.2 Å². The van der Waals surface area contributed by atoms with E-state index in [1.54, 1.807) is 33.5 Å². The lowest BCUT2D eigenvalue weighted by molar-refractivity contribution is -0.162. The summed E-state index contributed by atoms with van der Waals surface area (Å²) < 4.78 is 22.6. The second-order valence-electron chi connectivity index (χ2n) is 9.34. The minimum Gasteiger partial charge on any atom is -0.496 e. The predicted octanol–water partition coefficient (Wildman–Crippen LogP) is 4.78. The minimum absolute atomic E-state index is 0.0696. The number of benzene rings is 1. The molecule has 31 heavy (non-hydrogen) atoms. The molecular formula is C25H36O6. The number of rotatable bonds is 7. The van der Waals surface area contributed by atoms with Crippen molar-refractivity contribution < 1.29 is 28.5 Å². The molecule has 2 aliphatic rings. The SMILES string of the molecule is COc1cc(OC)c([C@H]2CCC(=O)[C@@H]2C(=O)O[C@@H]2C[C@H](C)CC[C@H]2C(C)C)c(OC)c1. The summed E-state index contributed by atoms with van der Waals surface area (Å²) in [5.41, 5.74) is 0.732. The normalized spacial score (nSPS) is 28.5. The maximum absolute atomic E-state index is 13.4. The van der Waals surface area contributed by atoms with Gasteiger partial charge in [-0.25, -0.2) is 0 Å². The van der Waals surface area contributed by atoms with E-state index in [2.05, 4.69) is 20.8 Å². The van der Waals surface area contributed by atoms with Gasteiger partial charge in [0.1, 0.15) is 35.1 Å². The van der Waals surface area contributed by atoms with Gasteiger partial charge in [0.15, 0.2) is 0 Å². The Morgan fingerprint density at radius 2 is 1.65 bits per heavy atom. The van der Waals surface area contributed by atoms with E-state index in [-0.39, 0.29) is 17.8 Å². The van der Waals surface area contributed by atoms with Crippen molar-refractivity contribution in [3.8, 4) is 17.2 Å². The number of hydrogen-bond donors (Lipinski definition) is 0. The zero-order valence-electron chi connectivity index (χ0n) is 19.6. The smallest absolute Gasteiger partial charge is 0.317 e. The summed E-state index contributed by atoms with van der Waals surface area (Å²) in [4.78, 5) is 26.2. The highest BCUT2D eigenvalue weighted by Gasteiger charge is 2.46. The molecule has 0 aliphatic heterocycles. The summed E-state index contributed by atoms with van der Waals surface area (Å²) >= 11 is 0. The van der Waals surface area contributed by atoms with E-state index in [1.165, 1.54) is 0 Å². The van der Waals surface area contributed by atoms with Crippen LogP contribution in [0.4, 0.5) is 0 Å². The molecule has 3 rings (SSSR count). The van der Waals surface area contributed by atoms with E-state index in [9.17, 15) is 9.59 Å². The second-order valence-corrected chi connectivity index (χ2v) is 9.34. The first-order chi connectivity index (χ1) is 14.8. The maximum Gasteiger partial charge on any atom is 0.317 e. The van der Waals surface area contributed by atoms with E-state index in [0.717, 1.165) is 24.8 Å². The molecule has 0 unspecified atom stereocenters. The zero-order chi connectivity index (χ0) is 22.7. The average molecular weight is 433 g/mol. The van der Waals surface area contributed by atoms with Crippen LogP contribution >= 0.6 is 0 Å². The van der Waals surface area contributed by atoms with Crippen molar-refractivity contribution in [1.29, 1.82) is 0 Å². The molecule has 5 atom stereocenters. The molecule has 0 amide bonds. The van der Waals surface area contributed by atoms with Crippen molar-refractivity contribution in [2.45, 2.75) is 64.9 Å². The first kappa shape index (κ1) is 23.4. The van der Waals surface area contributed by atoms with Gasteiger partial charge >= 0.3 is 5.97 Å². The Kier molecular flexibility index (Phi) is 7.50. The lowest BCUT2D eigenvalue weighted by Gasteiger charge is -2.37. The summed E-state index contributed by atoms with van der Waals surface area (Å²) in [6.45, 7) is 6.56. The van der Waals surface area contributed by atoms with Crippen molar-refractivity contribution in [2.75, 3.05) is 21.3 Å². The van der Waals surface area contributed by atoms with Gasteiger partial charge in [0.05, 0.1) is 21.3 Å². The van der Waals surface area contributed by atoms with Gasteiger partial charge in [0.2, 0.25) is 0 Å². The largest absolute Gasteiger partial charge is 0.496 e. The monoisotopic (exact) mass is 432 g/mol. The van der Waals surface area contributed by atoms with Crippen LogP contribution < -0.4 is 14.2 Å². The molecule has 2 saturated carbocycles. The summed E-state index contributed by atoms with van der Waals surface area (Å²) in [6, 6.07) is 3.53. The molecule has 172 valence electrons. The topological polar surface area (TPSA) is 71.1 Å². The first-order valence-electron chi connectivity index (χ1n) is 11.3. The van der Waals surface area contributed by atoms with Crippen molar-refractivity contribution in [1.82, 2.24) is 0 Å². The van der Waals surface area contributed by atoms with E-state index in [0.29, 0.717) is 47.8 Å². The molecule has 0 heterocycles. The Morgan fingerprint density at radius 3 is 2.19 bits per heavy atom. The molecule has 0 bridgehead atoms. The number of Topliss-reactive ketones (excluding diaryl/α,β-unsaturated/α-hetero) is 1. The molecule has 0 aromatic heterocycles. The van der Waals surface area contributed by atoms with Crippen molar-refractivity contribution in [3.63, 3.8) is 0 Å². The fourth-order valence-electron chi connectivity index (χ4n) is 5.32. The molecular weight excluding hydrogens is 396 g/mol. The van der Waals surface area contributed by atoms with Crippen LogP contribution in [0.2, 0.25) is 0 Å². The van der Waals surface area contributed by atoms with Gasteiger partial charge in [-0.1, -0.05) is 27.2 Å². The van der Waals surface area contributed by atoms with Gasteiger partial charge in [-0.15, -0.1) is 0 Å².